The lowest BCUT2D eigenvalue weighted by Crippen LogP contribution is -1.94. The number of aromatic nitrogens is 1. The quantitative estimate of drug-likeness (QED) is 0.670. The molecule has 0 atom stereocenters. The maximum absolute atomic E-state index is 5.68. The molecule has 5 heteroatoms. The standard InChI is InChI=1S/C6H5Cl3N2/c1-2-4(10)3(7)6(9)11-5(2)8/h1H3,(H2,10,11). The fourth-order valence-electron chi connectivity index (χ4n) is 0.606. The number of hydrogen-bond acceptors (Lipinski definition) is 2. The Balaban J connectivity index is 3.46. The van der Waals surface area contributed by atoms with Gasteiger partial charge in [0.15, 0.2) is 5.15 Å². The fraction of sp³-hybridized carbons (Fsp3) is 0.167. The molecule has 0 saturated heterocycles. The van der Waals surface area contributed by atoms with Crippen LogP contribution in [0.15, 0.2) is 0 Å². The Hall–Kier alpha value is -0.180. The Kier molecular flexibility index (Phi) is 2.47. The van der Waals surface area contributed by atoms with Crippen LogP contribution in [0.2, 0.25) is 15.3 Å². The molecular formula is C6H5Cl3N2. The predicted octanol–water partition coefficient (Wildman–Crippen LogP) is 2.93. The summed E-state index contributed by atoms with van der Waals surface area (Å²) in [4.78, 5) is 3.75. The number of halogens is 3. The number of pyridine rings is 1. The van der Waals surface area contributed by atoms with Gasteiger partial charge in [-0.1, -0.05) is 34.8 Å². The third-order valence-electron chi connectivity index (χ3n) is 1.33. The van der Waals surface area contributed by atoms with E-state index in [1.165, 1.54) is 0 Å². The second-order valence-corrected chi connectivity index (χ2v) is 3.14. The SMILES string of the molecule is Cc1c(Cl)nc(Cl)c(Cl)c1N. The molecule has 2 N–H and O–H groups in total. The van der Waals surface area contributed by atoms with Gasteiger partial charge in [-0.05, 0) is 6.92 Å². The highest BCUT2D eigenvalue weighted by molar-refractivity contribution is 6.43. The van der Waals surface area contributed by atoms with E-state index in [0.29, 0.717) is 11.3 Å². The molecule has 0 unspecified atom stereocenters. The highest BCUT2D eigenvalue weighted by atomic mass is 35.5. The zero-order valence-corrected chi connectivity index (χ0v) is 7.93. The number of rotatable bonds is 0. The van der Waals surface area contributed by atoms with Gasteiger partial charge in [0.25, 0.3) is 0 Å². The van der Waals surface area contributed by atoms with Crippen LogP contribution in [0.5, 0.6) is 0 Å². The third-order valence-corrected chi connectivity index (χ3v) is 2.45. The van der Waals surface area contributed by atoms with Crippen molar-refractivity contribution in [3.05, 3.63) is 20.9 Å². The van der Waals surface area contributed by atoms with E-state index in [2.05, 4.69) is 4.98 Å². The van der Waals surface area contributed by atoms with E-state index in [0.717, 1.165) is 0 Å². The summed E-state index contributed by atoms with van der Waals surface area (Å²) in [6, 6.07) is 0. The fourth-order valence-corrected chi connectivity index (χ4v) is 1.21. The Morgan fingerprint density at radius 1 is 1.18 bits per heavy atom. The zero-order valence-electron chi connectivity index (χ0n) is 5.66. The monoisotopic (exact) mass is 210 g/mol. The van der Waals surface area contributed by atoms with Crippen molar-refractivity contribution in [2.45, 2.75) is 6.92 Å². The summed E-state index contributed by atoms with van der Waals surface area (Å²) < 4.78 is 0. The lowest BCUT2D eigenvalue weighted by molar-refractivity contribution is 1.27. The summed E-state index contributed by atoms with van der Waals surface area (Å²) in [5, 5.41) is 0.685. The summed E-state index contributed by atoms with van der Waals surface area (Å²) in [6.45, 7) is 1.73. The van der Waals surface area contributed by atoms with E-state index < -0.39 is 0 Å². The Morgan fingerprint density at radius 3 is 2.27 bits per heavy atom. The van der Waals surface area contributed by atoms with Crippen LogP contribution in [0, 0.1) is 6.92 Å². The number of nitrogen functional groups attached to an aromatic ring is 1. The first kappa shape index (κ1) is 8.91. The maximum atomic E-state index is 5.68. The van der Waals surface area contributed by atoms with Gasteiger partial charge in [0.2, 0.25) is 0 Å². The van der Waals surface area contributed by atoms with Gasteiger partial charge in [-0.3, -0.25) is 0 Å². The average Bonchev–Trinajstić information content (AvgIpc) is 1.97. The van der Waals surface area contributed by atoms with Crippen molar-refractivity contribution in [2.75, 3.05) is 5.73 Å². The van der Waals surface area contributed by atoms with E-state index in [1.807, 2.05) is 0 Å². The minimum Gasteiger partial charge on any atom is -0.397 e. The molecule has 0 aliphatic carbocycles. The van der Waals surface area contributed by atoms with E-state index in [1.54, 1.807) is 6.92 Å². The van der Waals surface area contributed by atoms with Gasteiger partial charge in [-0.25, -0.2) is 4.98 Å². The van der Waals surface area contributed by atoms with Crippen molar-refractivity contribution in [2.24, 2.45) is 0 Å². The predicted molar refractivity (Wildman–Crippen MR) is 48.4 cm³/mol. The van der Waals surface area contributed by atoms with Crippen molar-refractivity contribution in [3.63, 3.8) is 0 Å². The van der Waals surface area contributed by atoms with Crippen LogP contribution in [-0.2, 0) is 0 Å². The van der Waals surface area contributed by atoms with Gasteiger partial charge in [-0.2, -0.15) is 0 Å². The second kappa shape index (κ2) is 3.05. The average molecular weight is 211 g/mol. The molecule has 0 fully saturated rings. The van der Waals surface area contributed by atoms with Crippen molar-refractivity contribution >= 4 is 40.5 Å². The van der Waals surface area contributed by atoms with Crippen molar-refractivity contribution < 1.29 is 0 Å². The summed E-state index contributed by atoms with van der Waals surface area (Å²) in [7, 11) is 0. The first-order chi connectivity index (χ1) is 5.04. The highest BCUT2D eigenvalue weighted by Gasteiger charge is 2.09. The number of nitrogens with zero attached hydrogens (tertiary/aromatic N) is 1. The molecule has 0 bridgehead atoms. The minimum absolute atomic E-state index is 0.139. The summed E-state index contributed by atoms with van der Waals surface area (Å²) in [5.74, 6) is 0. The molecule has 0 saturated carbocycles. The Labute approximate surface area is 79.3 Å². The molecule has 0 aromatic carbocycles. The lowest BCUT2D eigenvalue weighted by atomic mass is 10.3. The van der Waals surface area contributed by atoms with Crippen LogP contribution >= 0.6 is 34.8 Å². The lowest BCUT2D eigenvalue weighted by Gasteiger charge is -2.04. The second-order valence-electron chi connectivity index (χ2n) is 2.05. The molecule has 1 aromatic rings. The smallest absolute Gasteiger partial charge is 0.151 e. The summed E-state index contributed by atoms with van der Waals surface area (Å²) in [6.07, 6.45) is 0. The van der Waals surface area contributed by atoms with Crippen LogP contribution in [0.3, 0.4) is 0 Å². The molecule has 0 radical (unpaired) electrons. The van der Waals surface area contributed by atoms with E-state index in [4.69, 9.17) is 40.5 Å². The largest absolute Gasteiger partial charge is 0.397 e. The van der Waals surface area contributed by atoms with Gasteiger partial charge in [0.1, 0.15) is 10.2 Å². The molecule has 60 valence electrons. The van der Waals surface area contributed by atoms with Crippen LogP contribution < -0.4 is 5.73 Å². The first-order valence-corrected chi connectivity index (χ1v) is 3.94. The van der Waals surface area contributed by atoms with Crippen LogP contribution in [-0.4, -0.2) is 4.98 Å². The first-order valence-electron chi connectivity index (χ1n) is 2.80. The van der Waals surface area contributed by atoms with Crippen LogP contribution in [0.25, 0.3) is 0 Å². The molecule has 11 heavy (non-hydrogen) atoms. The van der Waals surface area contributed by atoms with Gasteiger partial charge in [-0.15, -0.1) is 0 Å². The van der Waals surface area contributed by atoms with Gasteiger partial charge >= 0.3 is 0 Å². The number of nitrogens with two attached hydrogens (primary N) is 1. The molecular weight excluding hydrogens is 206 g/mol. The van der Waals surface area contributed by atoms with Crippen LogP contribution in [0.4, 0.5) is 5.69 Å². The normalized spacial score (nSPS) is 10.2. The highest BCUT2D eigenvalue weighted by Crippen LogP contribution is 2.32. The molecule has 1 aromatic heterocycles. The molecule has 1 rings (SSSR count). The van der Waals surface area contributed by atoms with Gasteiger partial charge in [0.05, 0.1) is 5.69 Å². The van der Waals surface area contributed by atoms with E-state index in [-0.39, 0.29) is 15.3 Å². The number of anilines is 1. The molecule has 0 aliphatic heterocycles. The topological polar surface area (TPSA) is 38.9 Å². The molecule has 0 spiro atoms. The van der Waals surface area contributed by atoms with Crippen molar-refractivity contribution in [1.82, 2.24) is 4.98 Å². The Morgan fingerprint density at radius 2 is 1.73 bits per heavy atom. The van der Waals surface area contributed by atoms with E-state index >= 15 is 0 Å². The summed E-state index contributed by atoms with van der Waals surface area (Å²) in [5.41, 5.74) is 6.58. The van der Waals surface area contributed by atoms with Crippen molar-refractivity contribution in [3.8, 4) is 0 Å². The van der Waals surface area contributed by atoms with E-state index in [9.17, 15) is 0 Å². The molecule has 0 aliphatic rings. The number of hydrogen-bond donors (Lipinski definition) is 1. The van der Waals surface area contributed by atoms with Crippen molar-refractivity contribution in [1.29, 1.82) is 0 Å². The molecule has 2 nitrogen and oxygen atoms in total. The Bertz CT molecular complexity index is 272. The van der Waals surface area contributed by atoms with Gasteiger partial charge < -0.3 is 5.73 Å². The maximum Gasteiger partial charge on any atom is 0.151 e. The van der Waals surface area contributed by atoms with Crippen LogP contribution in [0.1, 0.15) is 5.56 Å². The molecule has 0 amide bonds. The zero-order chi connectivity index (χ0) is 8.59. The van der Waals surface area contributed by atoms with Gasteiger partial charge in [0, 0.05) is 5.56 Å². The molecule has 1 heterocycles. The summed E-state index contributed by atoms with van der Waals surface area (Å²) >= 11 is 16.9. The minimum atomic E-state index is 0.139. The third kappa shape index (κ3) is 1.53.